The fourth-order valence-electron chi connectivity index (χ4n) is 3.84. The van der Waals surface area contributed by atoms with Gasteiger partial charge in [-0.05, 0) is 53.5 Å². The zero-order valence-corrected chi connectivity index (χ0v) is 21.3. The lowest BCUT2D eigenvalue weighted by Gasteiger charge is -2.33. The summed E-state index contributed by atoms with van der Waals surface area (Å²) < 4.78 is 7.19. The molecule has 1 unspecified atom stereocenters. The van der Waals surface area contributed by atoms with Gasteiger partial charge in [-0.2, -0.15) is 5.10 Å². The summed E-state index contributed by atoms with van der Waals surface area (Å²) >= 11 is 0. The summed E-state index contributed by atoms with van der Waals surface area (Å²) in [6.45, 7) is 14.9. The molecule has 0 bridgehead atoms. The molecule has 1 aromatic rings. The maximum atomic E-state index is 5.17. The van der Waals surface area contributed by atoms with Gasteiger partial charge in [0.2, 0.25) is 0 Å². The Labute approximate surface area is 194 Å². The molecular weight excluding hydrogens is 479 g/mol. The van der Waals surface area contributed by atoms with Crippen molar-refractivity contribution >= 4 is 29.9 Å². The first-order valence-corrected chi connectivity index (χ1v) is 10.8. The molecule has 168 valence electrons. The van der Waals surface area contributed by atoms with Crippen LogP contribution in [0, 0.1) is 13.8 Å². The number of halogens is 1. The van der Waals surface area contributed by atoms with Gasteiger partial charge in [-0.1, -0.05) is 6.42 Å². The van der Waals surface area contributed by atoms with E-state index in [2.05, 4.69) is 48.3 Å². The van der Waals surface area contributed by atoms with Crippen LogP contribution in [0.1, 0.15) is 56.5 Å². The summed E-state index contributed by atoms with van der Waals surface area (Å²) in [6, 6.07) is 0.733. The molecule has 1 aromatic heterocycles. The third-order valence-electron chi connectivity index (χ3n) is 5.63. The van der Waals surface area contributed by atoms with E-state index in [1.54, 1.807) is 7.11 Å². The third-order valence-corrected chi connectivity index (χ3v) is 5.63. The van der Waals surface area contributed by atoms with Crippen molar-refractivity contribution in [2.45, 2.75) is 72.5 Å². The number of likely N-dealkylation sites (tertiary alicyclic amines) is 1. The van der Waals surface area contributed by atoms with E-state index < -0.39 is 0 Å². The van der Waals surface area contributed by atoms with Gasteiger partial charge in [0.15, 0.2) is 5.96 Å². The molecule has 0 aromatic carbocycles. The van der Waals surface area contributed by atoms with Crippen molar-refractivity contribution in [3.63, 3.8) is 0 Å². The first-order valence-electron chi connectivity index (χ1n) is 10.8. The van der Waals surface area contributed by atoms with Crippen LogP contribution in [0.4, 0.5) is 0 Å². The molecule has 2 heterocycles. The van der Waals surface area contributed by atoms with Crippen LogP contribution in [0.3, 0.4) is 0 Å². The first kappa shape index (κ1) is 26.2. The maximum Gasteiger partial charge on any atom is 0.191 e. The highest BCUT2D eigenvalue weighted by Gasteiger charge is 2.17. The number of aromatic nitrogens is 2. The molecule has 0 amide bonds. The van der Waals surface area contributed by atoms with Crippen molar-refractivity contribution in [2.75, 3.05) is 39.9 Å². The van der Waals surface area contributed by atoms with Crippen molar-refractivity contribution in [1.82, 2.24) is 25.3 Å². The molecule has 1 fully saturated rings. The van der Waals surface area contributed by atoms with Gasteiger partial charge in [-0.15, -0.1) is 24.0 Å². The molecule has 0 saturated carbocycles. The highest BCUT2D eigenvalue weighted by atomic mass is 127. The number of methoxy groups -OCH3 is 1. The van der Waals surface area contributed by atoms with Gasteiger partial charge < -0.3 is 20.3 Å². The van der Waals surface area contributed by atoms with E-state index >= 15 is 0 Å². The SMILES string of the molecule is CCNC(=NCc1c(C)nn(CCOC)c1C)NCCCN1CCCCC1C.I. The zero-order chi connectivity index (χ0) is 20.4. The molecule has 1 aliphatic rings. The van der Waals surface area contributed by atoms with Gasteiger partial charge in [0.25, 0.3) is 0 Å². The second-order valence-corrected chi connectivity index (χ2v) is 7.72. The van der Waals surface area contributed by atoms with Crippen molar-refractivity contribution in [3.05, 3.63) is 17.0 Å². The Bertz CT molecular complexity index is 619. The van der Waals surface area contributed by atoms with Crippen molar-refractivity contribution in [2.24, 2.45) is 4.99 Å². The maximum absolute atomic E-state index is 5.17. The minimum absolute atomic E-state index is 0. The summed E-state index contributed by atoms with van der Waals surface area (Å²) in [7, 11) is 1.72. The van der Waals surface area contributed by atoms with E-state index in [0.717, 1.165) is 50.3 Å². The van der Waals surface area contributed by atoms with E-state index in [0.29, 0.717) is 13.2 Å². The molecule has 2 rings (SSSR count). The Hall–Kier alpha value is -0.870. The van der Waals surface area contributed by atoms with Crippen molar-refractivity contribution in [1.29, 1.82) is 0 Å². The molecule has 1 saturated heterocycles. The van der Waals surface area contributed by atoms with Crippen LogP contribution >= 0.6 is 24.0 Å². The smallest absolute Gasteiger partial charge is 0.191 e. The predicted molar refractivity (Wildman–Crippen MR) is 131 cm³/mol. The van der Waals surface area contributed by atoms with Crippen LogP contribution in [0.5, 0.6) is 0 Å². The molecule has 8 heteroatoms. The minimum Gasteiger partial charge on any atom is -0.383 e. The largest absolute Gasteiger partial charge is 0.383 e. The number of aryl methyl sites for hydroxylation is 1. The van der Waals surface area contributed by atoms with Gasteiger partial charge in [-0.3, -0.25) is 4.68 Å². The molecule has 29 heavy (non-hydrogen) atoms. The second-order valence-electron chi connectivity index (χ2n) is 7.72. The van der Waals surface area contributed by atoms with Crippen LogP contribution in [0.2, 0.25) is 0 Å². The lowest BCUT2D eigenvalue weighted by molar-refractivity contribution is 0.159. The van der Waals surface area contributed by atoms with Gasteiger partial charge in [0.1, 0.15) is 0 Å². The Morgan fingerprint density at radius 3 is 2.72 bits per heavy atom. The van der Waals surface area contributed by atoms with Crippen molar-refractivity contribution < 1.29 is 4.74 Å². The van der Waals surface area contributed by atoms with Crippen LogP contribution < -0.4 is 10.6 Å². The second kappa shape index (κ2) is 14.2. The fourth-order valence-corrected chi connectivity index (χ4v) is 3.84. The summed E-state index contributed by atoms with van der Waals surface area (Å²) in [5.74, 6) is 0.887. The van der Waals surface area contributed by atoms with E-state index in [1.807, 2.05) is 4.68 Å². The van der Waals surface area contributed by atoms with Crippen LogP contribution in [-0.4, -0.2) is 66.6 Å². The summed E-state index contributed by atoms with van der Waals surface area (Å²) in [4.78, 5) is 7.42. The van der Waals surface area contributed by atoms with E-state index in [1.165, 1.54) is 37.1 Å². The normalized spacial score (nSPS) is 17.8. The predicted octanol–water partition coefficient (Wildman–Crippen LogP) is 3.08. The van der Waals surface area contributed by atoms with Crippen LogP contribution in [-0.2, 0) is 17.8 Å². The Morgan fingerprint density at radius 2 is 2.03 bits per heavy atom. The standard InChI is InChI=1S/C21H40N6O.HI/c1-6-22-21(23-11-9-13-26-12-8-7-10-17(26)2)24-16-20-18(3)25-27(19(20)4)14-15-28-5;/h17H,6-16H2,1-5H3,(H2,22,23,24);1H. The van der Waals surface area contributed by atoms with Gasteiger partial charge >= 0.3 is 0 Å². The zero-order valence-electron chi connectivity index (χ0n) is 19.0. The third kappa shape index (κ3) is 8.41. The lowest BCUT2D eigenvalue weighted by atomic mass is 10.0. The number of piperidine rings is 1. The van der Waals surface area contributed by atoms with Crippen LogP contribution in [0.15, 0.2) is 4.99 Å². The number of aliphatic imine (C=N–C) groups is 1. The first-order chi connectivity index (χ1) is 13.6. The molecule has 1 atom stereocenters. The van der Waals surface area contributed by atoms with E-state index in [-0.39, 0.29) is 24.0 Å². The summed E-state index contributed by atoms with van der Waals surface area (Å²) in [6.07, 6.45) is 5.21. The Kier molecular flexibility index (Phi) is 12.8. The number of hydrogen-bond acceptors (Lipinski definition) is 4. The van der Waals surface area contributed by atoms with Gasteiger partial charge in [0.05, 0.1) is 25.4 Å². The molecule has 1 aliphatic heterocycles. The molecule has 0 radical (unpaired) electrons. The monoisotopic (exact) mass is 520 g/mol. The number of nitrogens with zero attached hydrogens (tertiary/aromatic N) is 4. The number of rotatable bonds is 10. The lowest BCUT2D eigenvalue weighted by Crippen LogP contribution is -2.41. The van der Waals surface area contributed by atoms with E-state index in [4.69, 9.17) is 9.73 Å². The Morgan fingerprint density at radius 1 is 1.24 bits per heavy atom. The fraction of sp³-hybridized carbons (Fsp3) is 0.810. The quantitative estimate of drug-likeness (QED) is 0.215. The summed E-state index contributed by atoms with van der Waals surface area (Å²) in [5, 5.41) is 11.5. The van der Waals surface area contributed by atoms with Gasteiger partial charge in [0, 0.05) is 44.0 Å². The molecule has 2 N–H and O–H groups in total. The molecular formula is C21H41IN6O. The minimum atomic E-state index is 0. The van der Waals surface area contributed by atoms with Crippen molar-refractivity contribution in [3.8, 4) is 0 Å². The Balaban J connectivity index is 0.00000420. The number of ether oxygens (including phenoxy) is 1. The van der Waals surface area contributed by atoms with Gasteiger partial charge in [-0.25, -0.2) is 4.99 Å². The average molecular weight is 521 g/mol. The number of nitrogens with one attached hydrogen (secondary N) is 2. The number of guanidine groups is 1. The molecule has 0 spiro atoms. The molecule has 0 aliphatic carbocycles. The highest BCUT2D eigenvalue weighted by molar-refractivity contribution is 14.0. The highest BCUT2D eigenvalue weighted by Crippen LogP contribution is 2.16. The van der Waals surface area contributed by atoms with Crippen LogP contribution in [0.25, 0.3) is 0 Å². The molecule has 7 nitrogen and oxygen atoms in total. The number of hydrogen-bond donors (Lipinski definition) is 2. The topological polar surface area (TPSA) is 66.7 Å². The average Bonchev–Trinajstić information content (AvgIpc) is 2.95. The summed E-state index contributed by atoms with van der Waals surface area (Å²) in [5.41, 5.74) is 3.43. The van der Waals surface area contributed by atoms with E-state index in [9.17, 15) is 0 Å².